The maximum absolute atomic E-state index is 8.86. The third kappa shape index (κ3) is 2.23. The van der Waals surface area contributed by atoms with E-state index in [4.69, 9.17) is 5.26 Å². The fourth-order valence-corrected chi connectivity index (χ4v) is 2.67. The number of aromatic nitrogens is 2. The van der Waals surface area contributed by atoms with Crippen molar-refractivity contribution in [1.29, 1.82) is 5.26 Å². The molecule has 0 saturated carbocycles. The summed E-state index contributed by atoms with van der Waals surface area (Å²) in [6.07, 6.45) is 6.16. The van der Waals surface area contributed by atoms with Gasteiger partial charge in [0, 0.05) is 24.0 Å². The Kier molecular flexibility index (Phi) is 3.34. The van der Waals surface area contributed by atoms with E-state index in [1.165, 1.54) is 24.1 Å². The van der Waals surface area contributed by atoms with E-state index in [1.807, 2.05) is 31.3 Å². The first-order valence-corrected chi connectivity index (χ1v) is 6.86. The molecule has 0 bridgehead atoms. The summed E-state index contributed by atoms with van der Waals surface area (Å²) in [6, 6.07) is 9.71. The van der Waals surface area contributed by atoms with Gasteiger partial charge in [-0.1, -0.05) is 0 Å². The Labute approximate surface area is 118 Å². The van der Waals surface area contributed by atoms with Crippen molar-refractivity contribution in [3.8, 4) is 6.07 Å². The Morgan fingerprint density at radius 1 is 1.10 bits per heavy atom. The molecule has 0 spiro atoms. The average molecular weight is 264 g/mol. The quantitative estimate of drug-likeness (QED) is 0.836. The van der Waals surface area contributed by atoms with Crippen LogP contribution in [-0.2, 0) is 12.8 Å². The lowest BCUT2D eigenvalue weighted by Gasteiger charge is -2.24. The SMILES string of the molecule is CN(c1ccc(C#N)cc1)c1ncnc2c1CCCC2. The van der Waals surface area contributed by atoms with Gasteiger partial charge in [-0.15, -0.1) is 0 Å². The Morgan fingerprint density at radius 3 is 2.60 bits per heavy atom. The largest absolute Gasteiger partial charge is 0.329 e. The van der Waals surface area contributed by atoms with E-state index in [0.717, 1.165) is 24.3 Å². The first-order chi connectivity index (χ1) is 9.79. The van der Waals surface area contributed by atoms with Crippen molar-refractivity contribution in [3.05, 3.63) is 47.4 Å². The van der Waals surface area contributed by atoms with Gasteiger partial charge in [0.2, 0.25) is 0 Å². The predicted octanol–water partition coefficient (Wildman–Crippen LogP) is 2.99. The van der Waals surface area contributed by atoms with Gasteiger partial charge in [0.25, 0.3) is 0 Å². The molecule has 0 radical (unpaired) electrons. The topological polar surface area (TPSA) is 52.8 Å². The molecule has 0 unspecified atom stereocenters. The van der Waals surface area contributed by atoms with Crippen LogP contribution in [0.25, 0.3) is 0 Å². The van der Waals surface area contributed by atoms with E-state index in [-0.39, 0.29) is 0 Å². The van der Waals surface area contributed by atoms with Crippen LogP contribution >= 0.6 is 0 Å². The van der Waals surface area contributed by atoms with Crippen LogP contribution in [0, 0.1) is 11.3 Å². The number of anilines is 2. The molecule has 0 amide bonds. The molecule has 3 rings (SSSR count). The lowest BCUT2D eigenvalue weighted by molar-refractivity contribution is 0.661. The molecule has 0 saturated heterocycles. The minimum atomic E-state index is 0.673. The van der Waals surface area contributed by atoms with Crippen molar-refractivity contribution in [2.75, 3.05) is 11.9 Å². The lowest BCUT2D eigenvalue weighted by Crippen LogP contribution is -2.17. The average Bonchev–Trinajstić information content (AvgIpc) is 2.54. The molecule has 20 heavy (non-hydrogen) atoms. The Morgan fingerprint density at radius 2 is 1.85 bits per heavy atom. The summed E-state index contributed by atoms with van der Waals surface area (Å²) in [7, 11) is 2.01. The monoisotopic (exact) mass is 264 g/mol. The fraction of sp³-hybridized carbons (Fsp3) is 0.312. The van der Waals surface area contributed by atoms with Crippen LogP contribution in [-0.4, -0.2) is 17.0 Å². The Bertz CT molecular complexity index is 655. The summed E-state index contributed by atoms with van der Waals surface area (Å²) in [5.41, 5.74) is 4.16. The smallest absolute Gasteiger partial charge is 0.139 e. The van der Waals surface area contributed by atoms with Crippen LogP contribution < -0.4 is 4.90 Å². The van der Waals surface area contributed by atoms with E-state index in [0.29, 0.717) is 5.56 Å². The van der Waals surface area contributed by atoms with Gasteiger partial charge in [-0.25, -0.2) is 9.97 Å². The molecule has 100 valence electrons. The van der Waals surface area contributed by atoms with Crippen LogP contribution in [0.3, 0.4) is 0 Å². The molecular formula is C16H16N4. The maximum atomic E-state index is 8.86. The maximum Gasteiger partial charge on any atom is 0.139 e. The summed E-state index contributed by atoms with van der Waals surface area (Å²) in [5.74, 6) is 0.986. The van der Waals surface area contributed by atoms with E-state index >= 15 is 0 Å². The molecule has 0 aliphatic heterocycles. The summed E-state index contributed by atoms with van der Waals surface area (Å²) in [5, 5.41) is 8.86. The number of aryl methyl sites for hydroxylation is 1. The van der Waals surface area contributed by atoms with Gasteiger partial charge in [-0.3, -0.25) is 0 Å². The zero-order valence-electron chi connectivity index (χ0n) is 11.5. The van der Waals surface area contributed by atoms with Crippen LogP contribution in [0.4, 0.5) is 11.5 Å². The third-order valence-electron chi connectivity index (χ3n) is 3.80. The second-order valence-electron chi connectivity index (χ2n) is 5.05. The van der Waals surface area contributed by atoms with Gasteiger partial charge in [0.05, 0.1) is 11.6 Å². The molecule has 1 aromatic carbocycles. The highest BCUT2D eigenvalue weighted by Gasteiger charge is 2.18. The number of nitriles is 1. The Balaban J connectivity index is 1.97. The minimum absolute atomic E-state index is 0.673. The van der Waals surface area contributed by atoms with Crippen LogP contribution in [0.15, 0.2) is 30.6 Å². The number of hydrogen-bond acceptors (Lipinski definition) is 4. The highest BCUT2D eigenvalue weighted by Crippen LogP contribution is 2.30. The summed E-state index contributed by atoms with van der Waals surface area (Å²) in [6.45, 7) is 0. The van der Waals surface area contributed by atoms with Gasteiger partial charge >= 0.3 is 0 Å². The van der Waals surface area contributed by atoms with Gasteiger partial charge < -0.3 is 4.90 Å². The Hall–Kier alpha value is -2.41. The molecule has 1 aromatic heterocycles. The number of benzene rings is 1. The third-order valence-corrected chi connectivity index (χ3v) is 3.80. The predicted molar refractivity (Wildman–Crippen MR) is 77.9 cm³/mol. The van der Waals surface area contributed by atoms with Gasteiger partial charge in [0.1, 0.15) is 12.1 Å². The molecule has 1 heterocycles. The molecule has 1 aliphatic rings. The second kappa shape index (κ2) is 5.30. The molecular weight excluding hydrogens is 248 g/mol. The number of hydrogen-bond donors (Lipinski definition) is 0. The van der Waals surface area contributed by atoms with Crippen LogP contribution in [0.1, 0.15) is 29.7 Å². The zero-order chi connectivity index (χ0) is 13.9. The normalized spacial score (nSPS) is 13.4. The molecule has 0 fully saturated rings. The van der Waals surface area contributed by atoms with E-state index in [9.17, 15) is 0 Å². The zero-order valence-corrected chi connectivity index (χ0v) is 11.5. The van der Waals surface area contributed by atoms with Gasteiger partial charge in [0.15, 0.2) is 0 Å². The van der Waals surface area contributed by atoms with E-state index < -0.39 is 0 Å². The highest BCUT2D eigenvalue weighted by molar-refractivity contribution is 5.63. The summed E-state index contributed by atoms with van der Waals surface area (Å²) in [4.78, 5) is 10.9. The molecule has 0 N–H and O–H groups in total. The van der Waals surface area contributed by atoms with Crippen molar-refractivity contribution >= 4 is 11.5 Å². The highest BCUT2D eigenvalue weighted by atomic mass is 15.2. The first kappa shape index (κ1) is 12.6. The molecule has 2 aromatic rings. The number of rotatable bonds is 2. The van der Waals surface area contributed by atoms with E-state index in [2.05, 4.69) is 20.9 Å². The summed E-state index contributed by atoms with van der Waals surface area (Å²) >= 11 is 0. The van der Waals surface area contributed by atoms with Gasteiger partial charge in [-0.05, 0) is 49.9 Å². The molecule has 0 atom stereocenters. The van der Waals surface area contributed by atoms with E-state index in [1.54, 1.807) is 6.33 Å². The first-order valence-electron chi connectivity index (χ1n) is 6.86. The van der Waals surface area contributed by atoms with Crippen LogP contribution in [0.2, 0.25) is 0 Å². The van der Waals surface area contributed by atoms with Crippen LogP contribution in [0.5, 0.6) is 0 Å². The standard InChI is InChI=1S/C16H16N4/c1-20(13-8-6-12(10-17)7-9-13)16-14-4-2-3-5-15(14)18-11-19-16/h6-9,11H,2-5H2,1H3. The van der Waals surface area contributed by atoms with Crippen molar-refractivity contribution < 1.29 is 0 Å². The summed E-state index contributed by atoms with van der Waals surface area (Å²) < 4.78 is 0. The number of nitrogens with zero attached hydrogens (tertiary/aromatic N) is 4. The van der Waals surface area contributed by atoms with Gasteiger partial charge in [-0.2, -0.15) is 5.26 Å². The van der Waals surface area contributed by atoms with Crippen molar-refractivity contribution in [3.63, 3.8) is 0 Å². The van der Waals surface area contributed by atoms with Crippen molar-refractivity contribution in [2.45, 2.75) is 25.7 Å². The van der Waals surface area contributed by atoms with Crippen molar-refractivity contribution in [2.24, 2.45) is 0 Å². The van der Waals surface area contributed by atoms with Crippen molar-refractivity contribution in [1.82, 2.24) is 9.97 Å². The molecule has 1 aliphatic carbocycles. The number of fused-ring (bicyclic) bond motifs is 1. The molecule has 4 heteroatoms. The second-order valence-corrected chi connectivity index (χ2v) is 5.05. The lowest BCUT2D eigenvalue weighted by atomic mass is 9.96. The fourth-order valence-electron chi connectivity index (χ4n) is 2.67. The molecule has 4 nitrogen and oxygen atoms in total. The minimum Gasteiger partial charge on any atom is -0.329 e.